The van der Waals surface area contributed by atoms with Gasteiger partial charge >= 0.3 is 0 Å². The van der Waals surface area contributed by atoms with Crippen molar-refractivity contribution in [2.24, 2.45) is 10.9 Å². The number of benzene rings is 1. The molecule has 0 heterocycles. The van der Waals surface area contributed by atoms with Gasteiger partial charge in [0.25, 0.3) is 0 Å². The molecule has 1 aromatic rings. The molecule has 6 heteroatoms. The Morgan fingerprint density at radius 3 is 2.61 bits per heavy atom. The second-order valence-electron chi connectivity index (χ2n) is 5.70. The van der Waals surface area contributed by atoms with E-state index < -0.39 is 0 Å². The van der Waals surface area contributed by atoms with Gasteiger partial charge in [-0.2, -0.15) is 0 Å². The van der Waals surface area contributed by atoms with Crippen molar-refractivity contribution >= 4 is 41.7 Å². The van der Waals surface area contributed by atoms with Crippen LogP contribution in [0.1, 0.15) is 18.4 Å². The number of nitrogens with zero attached hydrogens (tertiary/aromatic N) is 2. The van der Waals surface area contributed by atoms with Gasteiger partial charge < -0.3 is 15.0 Å². The summed E-state index contributed by atoms with van der Waals surface area (Å²) < 4.78 is 5.64. The van der Waals surface area contributed by atoms with Gasteiger partial charge in [0.1, 0.15) is 0 Å². The highest BCUT2D eigenvalue weighted by molar-refractivity contribution is 14.0. The largest absolute Gasteiger partial charge is 0.379 e. The summed E-state index contributed by atoms with van der Waals surface area (Å²) in [5, 5.41) is 3.35. The highest BCUT2D eigenvalue weighted by atomic mass is 127. The van der Waals surface area contributed by atoms with Gasteiger partial charge in [0, 0.05) is 38.7 Å². The maximum absolute atomic E-state index is 5.64. The van der Waals surface area contributed by atoms with Crippen molar-refractivity contribution in [3.63, 3.8) is 0 Å². The zero-order valence-electron chi connectivity index (χ0n) is 14.2. The topological polar surface area (TPSA) is 36.9 Å². The van der Waals surface area contributed by atoms with Crippen molar-refractivity contribution in [1.29, 1.82) is 0 Å². The Balaban J connectivity index is 0.00000264. The third-order valence-corrected chi connectivity index (χ3v) is 4.48. The first-order valence-electron chi connectivity index (χ1n) is 7.85. The van der Waals surface area contributed by atoms with E-state index in [2.05, 4.69) is 52.8 Å². The van der Waals surface area contributed by atoms with Crippen LogP contribution in [0.25, 0.3) is 0 Å². The van der Waals surface area contributed by atoms with Crippen molar-refractivity contribution in [3.05, 3.63) is 29.8 Å². The van der Waals surface area contributed by atoms with Gasteiger partial charge in [-0.15, -0.1) is 35.7 Å². The highest BCUT2D eigenvalue weighted by Crippen LogP contribution is 2.28. The molecule has 0 aromatic heterocycles. The molecule has 2 rings (SSSR count). The molecule has 1 aliphatic carbocycles. The average Bonchev–Trinajstić information content (AvgIpc) is 3.35. The van der Waals surface area contributed by atoms with Crippen molar-refractivity contribution < 1.29 is 4.74 Å². The number of guanidine groups is 1. The monoisotopic (exact) mass is 449 g/mol. The zero-order chi connectivity index (χ0) is 15.8. The molecule has 0 amide bonds. The second kappa shape index (κ2) is 11.1. The fourth-order valence-corrected chi connectivity index (χ4v) is 2.64. The summed E-state index contributed by atoms with van der Waals surface area (Å²) >= 11 is 1.77. The molecule has 0 aliphatic heterocycles. The summed E-state index contributed by atoms with van der Waals surface area (Å²) in [7, 11) is 3.88. The molecule has 130 valence electrons. The summed E-state index contributed by atoms with van der Waals surface area (Å²) in [5.41, 5.74) is 1.29. The van der Waals surface area contributed by atoms with Crippen molar-refractivity contribution in [2.45, 2.75) is 24.3 Å². The van der Waals surface area contributed by atoms with Crippen molar-refractivity contribution in [2.75, 3.05) is 40.1 Å². The van der Waals surface area contributed by atoms with E-state index in [0.717, 1.165) is 38.2 Å². The lowest BCUT2D eigenvalue weighted by atomic mass is 10.2. The van der Waals surface area contributed by atoms with Gasteiger partial charge in [0.15, 0.2) is 5.96 Å². The molecule has 0 unspecified atom stereocenters. The van der Waals surface area contributed by atoms with E-state index in [1.165, 1.54) is 23.3 Å². The maximum atomic E-state index is 5.64. The number of hydrogen-bond donors (Lipinski definition) is 1. The molecule has 1 aromatic carbocycles. The Kier molecular flexibility index (Phi) is 9.97. The number of thioether (sulfide) groups is 1. The number of nitrogens with one attached hydrogen (secondary N) is 1. The van der Waals surface area contributed by atoms with E-state index in [0.29, 0.717) is 0 Å². The Bertz CT molecular complexity index is 477. The first-order valence-corrected chi connectivity index (χ1v) is 9.08. The molecular formula is C17H28IN3OS. The number of ether oxygens (including phenoxy) is 1. The number of hydrogen-bond acceptors (Lipinski definition) is 3. The van der Waals surface area contributed by atoms with Crippen LogP contribution < -0.4 is 5.32 Å². The predicted molar refractivity (Wildman–Crippen MR) is 110 cm³/mol. The maximum Gasteiger partial charge on any atom is 0.193 e. The zero-order valence-corrected chi connectivity index (χ0v) is 17.4. The molecule has 1 aliphatic rings. The van der Waals surface area contributed by atoms with Gasteiger partial charge in [0.2, 0.25) is 0 Å². The fourth-order valence-electron chi connectivity index (χ4n) is 2.23. The Hall–Kier alpha value is -0.470. The van der Waals surface area contributed by atoms with Gasteiger partial charge in [-0.25, -0.2) is 0 Å². The van der Waals surface area contributed by atoms with Gasteiger partial charge in [-0.1, -0.05) is 12.1 Å². The van der Waals surface area contributed by atoms with Crippen LogP contribution in [0, 0.1) is 5.92 Å². The number of halogens is 1. The lowest BCUT2D eigenvalue weighted by Crippen LogP contribution is -2.40. The van der Waals surface area contributed by atoms with E-state index in [-0.39, 0.29) is 24.0 Å². The van der Waals surface area contributed by atoms with E-state index >= 15 is 0 Å². The standard InChI is InChI=1S/C17H27N3OS.HI/c1-18-17(19-10-11-21-13-15-4-5-15)20(2)12-14-6-8-16(22-3)9-7-14;/h6-9,15H,4-5,10-13H2,1-3H3,(H,18,19);1H. The molecule has 1 N–H and O–H groups in total. The van der Waals surface area contributed by atoms with Crippen LogP contribution in [0.15, 0.2) is 34.2 Å². The molecule has 23 heavy (non-hydrogen) atoms. The smallest absolute Gasteiger partial charge is 0.193 e. The average molecular weight is 449 g/mol. The minimum Gasteiger partial charge on any atom is -0.379 e. The minimum atomic E-state index is 0. The number of aliphatic imine (C=N–C) groups is 1. The quantitative estimate of drug-likeness (QED) is 0.217. The molecule has 0 spiro atoms. The SMILES string of the molecule is CN=C(NCCOCC1CC1)N(C)Cc1ccc(SC)cc1.I. The second-order valence-corrected chi connectivity index (χ2v) is 6.58. The summed E-state index contributed by atoms with van der Waals surface area (Å²) in [5.74, 6) is 1.73. The summed E-state index contributed by atoms with van der Waals surface area (Å²) in [6, 6.07) is 8.67. The lowest BCUT2D eigenvalue weighted by Gasteiger charge is -2.22. The Labute approximate surface area is 161 Å². The molecule has 1 fully saturated rings. The van der Waals surface area contributed by atoms with Gasteiger partial charge in [-0.05, 0) is 42.7 Å². The van der Waals surface area contributed by atoms with Crippen molar-refractivity contribution in [3.8, 4) is 0 Å². The Morgan fingerprint density at radius 1 is 1.35 bits per heavy atom. The third-order valence-electron chi connectivity index (χ3n) is 3.73. The van der Waals surface area contributed by atoms with Crippen LogP contribution in [0.4, 0.5) is 0 Å². The first-order chi connectivity index (χ1) is 10.7. The molecule has 1 saturated carbocycles. The van der Waals surface area contributed by atoms with Crippen LogP contribution >= 0.6 is 35.7 Å². The highest BCUT2D eigenvalue weighted by Gasteiger charge is 2.20. The molecule has 0 bridgehead atoms. The molecule has 0 radical (unpaired) electrons. The van der Waals surface area contributed by atoms with Crippen LogP contribution in [-0.2, 0) is 11.3 Å². The Morgan fingerprint density at radius 2 is 2.04 bits per heavy atom. The van der Waals surface area contributed by atoms with Crippen molar-refractivity contribution in [1.82, 2.24) is 10.2 Å². The summed E-state index contributed by atoms with van der Waals surface area (Å²) in [6.07, 6.45) is 4.78. The first kappa shape index (κ1) is 20.6. The molecule has 0 saturated heterocycles. The van der Waals surface area contributed by atoms with Crippen LogP contribution in [0.5, 0.6) is 0 Å². The van der Waals surface area contributed by atoms with Crippen LogP contribution in [0.3, 0.4) is 0 Å². The van der Waals surface area contributed by atoms with E-state index in [1.807, 2.05) is 7.05 Å². The van der Waals surface area contributed by atoms with Crippen LogP contribution in [0.2, 0.25) is 0 Å². The molecular weight excluding hydrogens is 421 g/mol. The van der Waals surface area contributed by atoms with E-state index in [4.69, 9.17) is 4.74 Å². The third kappa shape index (κ3) is 7.76. The normalized spacial score (nSPS) is 14.3. The molecule has 0 atom stereocenters. The van der Waals surface area contributed by atoms with E-state index in [9.17, 15) is 0 Å². The minimum absolute atomic E-state index is 0. The summed E-state index contributed by atoms with van der Waals surface area (Å²) in [6.45, 7) is 3.30. The number of rotatable bonds is 8. The van der Waals surface area contributed by atoms with E-state index in [1.54, 1.807) is 11.8 Å². The lowest BCUT2D eigenvalue weighted by molar-refractivity contribution is 0.128. The van der Waals surface area contributed by atoms with Gasteiger partial charge in [0.05, 0.1) is 6.61 Å². The van der Waals surface area contributed by atoms with Crippen LogP contribution in [-0.4, -0.2) is 51.0 Å². The molecule has 4 nitrogen and oxygen atoms in total. The summed E-state index contributed by atoms with van der Waals surface area (Å²) in [4.78, 5) is 7.76. The fraction of sp³-hybridized carbons (Fsp3) is 0.588. The van der Waals surface area contributed by atoms with Gasteiger partial charge in [-0.3, -0.25) is 4.99 Å². The predicted octanol–water partition coefficient (Wildman–Crippen LogP) is 3.46.